The van der Waals surface area contributed by atoms with E-state index in [2.05, 4.69) is 4.98 Å². The first-order valence-corrected chi connectivity index (χ1v) is 8.09. The molecule has 0 spiro atoms. The molecule has 0 aromatic carbocycles. The highest BCUT2D eigenvalue weighted by Gasteiger charge is 2.41. The van der Waals surface area contributed by atoms with Crippen LogP contribution in [0.5, 0.6) is 0 Å². The van der Waals surface area contributed by atoms with Crippen molar-refractivity contribution in [1.29, 1.82) is 0 Å². The summed E-state index contributed by atoms with van der Waals surface area (Å²) in [4.78, 5) is 30.3. The van der Waals surface area contributed by atoms with E-state index in [9.17, 15) is 14.7 Å². The zero-order valence-electron chi connectivity index (χ0n) is 13.3. The van der Waals surface area contributed by atoms with E-state index in [1.807, 2.05) is 27.7 Å². The number of hydrogen-bond donors (Lipinski definition) is 2. The van der Waals surface area contributed by atoms with Gasteiger partial charge in [-0.05, 0) is 6.92 Å². The molecule has 1 amide bonds. The zero-order chi connectivity index (χ0) is 16.7. The van der Waals surface area contributed by atoms with Crippen molar-refractivity contribution in [3.63, 3.8) is 0 Å². The number of aryl methyl sites for hydroxylation is 1. The maximum atomic E-state index is 12.6. The number of aliphatic hydroxyl groups is 1. The fourth-order valence-electron chi connectivity index (χ4n) is 2.35. The van der Waals surface area contributed by atoms with Crippen LogP contribution in [0, 0.1) is 6.92 Å². The lowest BCUT2D eigenvalue weighted by Gasteiger charge is -2.35. The molecule has 2 heterocycles. The molecule has 1 saturated heterocycles. The number of carboxylic acid groups (broad SMARTS) is 1. The fraction of sp³-hybridized carbons (Fsp3) is 0.667. The molecule has 22 heavy (non-hydrogen) atoms. The second kappa shape index (κ2) is 5.62. The van der Waals surface area contributed by atoms with Gasteiger partial charge < -0.3 is 15.1 Å². The Balaban J connectivity index is 2.14. The molecule has 1 aromatic rings. The molecule has 0 saturated carbocycles. The summed E-state index contributed by atoms with van der Waals surface area (Å²) in [6, 6.07) is 0. The summed E-state index contributed by atoms with van der Waals surface area (Å²) in [5.74, 6) is -1.35. The third kappa shape index (κ3) is 3.15. The van der Waals surface area contributed by atoms with Crippen LogP contribution >= 0.6 is 11.3 Å². The molecule has 2 N–H and O–H groups in total. The normalized spacial score (nSPS) is 18.3. The van der Waals surface area contributed by atoms with Gasteiger partial charge in [0.05, 0.1) is 10.7 Å². The maximum absolute atomic E-state index is 12.6. The van der Waals surface area contributed by atoms with Crippen molar-refractivity contribution in [2.45, 2.75) is 51.6 Å². The summed E-state index contributed by atoms with van der Waals surface area (Å²) < 4.78 is 0. The highest BCUT2D eigenvalue weighted by molar-refractivity contribution is 7.14. The highest BCUT2D eigenvalue weighted by atomic mass is 32.1. The van der Waals surface area contributed by atoms with Gasteiger partial charge in [0, 0.05) is 31.3 Å². The number of piperidine rings is 1. The third-order valence-corrected chi connectivity index (χ3v) is 5.48. The number of carbonyl (C=O) groups excluding carboxylic acids is 1. The van der Waals surface area contributed by atoms with Crippen LogP contribution in [-0.2, 0) is 10.2 Å². The van der Waals surface area contributed by atoms with Gasteiger partial charge in [0.15, 0.2) is 5.60 Å². The first-order valence-electron chi connectivity index (χ1n) is 7.27. The molecule has 1 aromatic heterocycles. The number of thiazole rings is 1. The molecular formula is C15H22N2O4S. The topological polar surface area (TPSA) is 90.7 Å². The summed E-state index contributed by atoms with van der Waals surface area (Å²) in [5.41, 5.74) is -1.12. The molecule has 6 nitrogen and oxygen atoms in total. The number of aliphatic carboxylic acids is 1. The van der Waals surface area contributed by atoms with Gasteiger partial charge in [0.25, 0.3) is 5.91 Å². The molecule has 1 aliphatic rings. The first-order chi connectivity index (χ1) is 10.0. The van der Waals surface area contributed by atoms with E-state index >= 15 is 0 Å². The number of rotatable bonds is 2. The Kier molecular flexibility index (Phi) is 4.32. The summed E-state index contributed by atoms with van der Waals surface area (Å²) in [5, 5.41) is 19.9. The van der Waals surface area contributed by atoms with Crippen LogP contribution in [-0.4, -0.2) is 50.7 Å². The first kappa shape index (κ1) is 16.9. The minimum Gasteiger partial charge on any atom is -0.479 e. The number of aromatic nitrogens is 1. The van der Waals surface area contributed by atoms with Gasteiger partial charge in [-0.3, -0.25) is 4.79 Å². The number of hydrogen-bond acceptors (Lipinski definition) is 5. The smallest absolute Gasteiger partial charge is 0.335 e. The molecule has 0 unspecified atom stereocenters. The fourth-order valence-corrected chi connectivity index (χ4v) is 3.44. The highest BCUT2D eigenvalue weighted by Crippen LogP contribution is 2.31. The average molecular weight is 326 g/mol. The molecule has 1 fully saturated rings. The van der Waals surface area contributed by atoms with Gasteiger partial charge in [-0.25, -0.2) is 9.78 Å². The van der Waals surface area contributed by atoms with Crippen LogP contribution < -0.4 is 0 Å². The van der Waals surface area contributed by atoms with Crippen LogP contribution in [0.1, 0.15) is 54.0 Å². The monoisotopic (exact) mass is 326 g/mol. The van der Waals surface area contributed by atoms with Crippen LogP contribution in [0.15, 0.2) is 0 Å². The van der Waals surface area contributed by atoms with Gasteiger partial charge in [-0.15, -0.1) is 11.3 Å². The number of carboxylic acids is 1. The Morgan fingerprint density at radius 2 is 1.82 bits per heavy atom. The minimum absolute atomic E-state index is 0.0536. The van der Waals surface area contributed by atoms with Gasteiger partial charge in [-0.2, -0.15) is 0 Å². The Bertz CT molecular complexity index is 595. The molecule has 0 aliphatic carbocycles. The maximum Gasteiger partial charge on any atom is 0.335 e. The quantitative estimate of drug-likeness (QED) is 0.865. The van der Waals surface area contributed by atoms with E-state index < -0.39 is 11.6 Å². The minimum atomic E-state index is -1.71. The molecule has 0 bridgehead atoms. The van der Waals surface area contributed by atoms with E-state index in [1.165, 1.54) is 11.3 Å². The molecule has 122 valence electrons. The summed E-state index contributed by atoms with van der Waals surface area (Å²) in [6.07, 6.45) is 0.107. The summed E-state index contributed by atoms with van der Waals surface area (Å²) in [7, 11) is 0. The Labute approximate surface area is 133 Å². The van der Waals surface area contributed by atoms with Crippen LogP contribution in [0.3, 0.4) is 0 Å². The standard InChI is InChI=1S/C15H22N2O4S/c1-9-10(22-12(16-9)14(2,3)4)11(18)17-7-5-15(21,6-8-17)13(19)20/h21H,5-8H2,1-4H3,(H,19,20). The lowest BCUT2D eigenvalue weighted by Crippen LogP contribution is -2.50. The number of nitrogens with zero attached hydrogens (tertiary/aromatic N) is 2. The number of likely N-dealkylation sites (tertiary alicyclic amines) is 1. The van der Waals surface area contributed by atoms with E-state index in [0.29, 0.717) is 10.6 Å². The van der Waals surface area contributed by atoms with Crippen molar-refractivity contribution in [2.24, 2.45) is 0 Å². The molecule has 1 aliphatic heterocycles. The van der Waals surface area contributed by atoms with Crippen molar-refractivity contribution in [3.05, 3.63) is 15.6 Å². The Hall–Kier alpha value is -1.47. The van der Waals surface area contributed by atoms with Crippen molar-refractivity contribution in [1.82, 2.24) is 9.88 Å². The predicted molar refractivity (Wildman–Crippen MR) is 83.3 cm³/mol. The van der Waals surface area contributed by atoms with E-state index in [4.69, 9.17) is 5.11 Å². The molecular weight excluding hydrogens is 304 g/mol. The molecule has 0 atom stereocenters. The van der Waals surface area contributed by atoms with Gasteiger partial charge in [-0.1, -0.05) is 20.8 Å². The number of carbonyl (C=O) groups is 2. The van der Waals surface area contributed by atoms with Crippen molar-refractivity contribution >= 4 is 23.2 Å². The van der Waals surface area contributed by atoms with Gasteiger partial charge >= 0.3 is 5.97 Å². The van der Waals surface area contributed by atoms with Crippen LogP contribution in [0.2, 0.25) is 0 Å². The molecule has 0 radical (unpaired) electrons. The third-order valence-electron chi connectivity index (χ3n) is 3.91. The van der Waals surface area contributed by atoms with Crippen molar-refractivity contribution in [3.8, 4) is 0 Å². The lowest BCUT2D eigenvalue weighted by molar-refractivity contribution is -0.162. The van der Waals surface area contributed by atoms with Gasteiger partial charge in [0.1, 0.15) is 4.88 Å². The van der Waals surface area contributed by atoms with E-state index in [-0.39, 0.29) is 37.3 Å². The van der Waals surface area contributed by atoms with Gasteiger partial charge in [0.2, 0.25) is 0 Å². The predicted octanol–water partition coefficient (Wildman–Crippen LogP) is 1.80. The molecule has 7 heteroatoms. The van der Waals surface area contributed by atoms with E-state index in [0.717, 1.165) is 5.01 Å². The number of amides is 1. The second-order valence-electron chi connectivity index (χ2n) is 6.81. The lowest BCUT2D eigenvalue weighted by atomic mass is 9.91. The average Bonchev–Trinajstić information content (AvgIpc) is 2.81. The largest absolute Gasteiger partial charge is 0.479 e. The second-order valence-corrected chi connectivity index (χ2v) is 7.81. The molecule has 2 rings (SSSR count). The van der Waals surface area contributed by atoms with Crippen LogP contribution in [0.25, 0.3) is 0 Å². The Morgan fingerprint density at radius 3 is 2.23 bits per heavy atom. The zero-order valence-corrected chi connectivity index (χ0v) is 14.2. The van der Waals surface area contributed by atoms with Crippen LogP contribution in [0.4, 0.5) is 0 Å². The van der Waals surface area contributed by atoms with E-state index in [1.54, 1.807) is 4.90 Å². The Morgan fingerprint density at radius 1 is 1.27 bits per heavy atom. The summed E-state index contributed by atoms with van der Waals surface area (Å²) in [6.45, 7) is 8.44. The van der Waals surface area contributed by atoms with Crippen molar-refractivity contribution < 1.29 is 19.8 Å². The summed E-state index contributed by atoms with van der Waals surface area (Å²) >= 11 is 1.39. The van der Waals surface area contributed by atoms with Crippen molar-refractivity contribution in [2.75, 3.05) is 13.1 Å². The SMILES string of the molecule is Cc1nc(C(C)(C)C)sc1C(=O)N1CCC(O)(C(=O)O)CC1.